The van der Waals surface area contributed by atoms with Crippen LogP contribution in [0.1, 0.15) is 40.9 Å². The lowest BCUT2D eigenvalue weighted by Gasteiger charge is -2.45. The van der Waals surface area contributed by atoms with Gasteiger partial charge in [-0.1, -0.05) is 18.2 Å². The Hall–Kier alpha value is -3.63. The number of hydroxylamine groups is 1. The predicted molar refractivity (Wildman–Crippen MR) is 134 cm³/mol. The quantitative estimate of drug-likeness (QED) is 0.313. The van der Waals surface area contributed by atoms with E-state index >= 15 is 0 Å². The number of piperidine rings is 1. The zero-order chi connectivity index (χ0) is 26.6. The predicted octanol–water partition coefficient (Wildman–Crippen LogP) is 3.85. The van der Waals surface area contributed by atoms with Gasteiger partial charge in [0.05, 0.1) is 23.5 Å². The van der Waals surface area contributed by atoms with Crippen LogP contribution in [0.25, 0.3) is 10.9 Å². The maximum absolute atomic E-state index is 13.6. The summed E-state index contributed by atoms with van der Waals surface area (Å²) in [5.41, 5.74) is 3.39. The molecule has 1 aromatic heterocycles. The number of alkyl halides is 2. The average Bonchev–Trinajstić information content (AvgIpc) is 2.88. The van der Waals surface area contributed by atoms with Crippen molar-refractivity contribution in [2.45, 2.75) is 50.8 Å². The minimum atomic E-state index is -2.64. The van der Waals surface area contributed by atoms with Crippen LogP contribution in [0, 0.1) is 6.92 Å². The van der Waals surface area contributed by atoms with Crippen LogP contribution in [-0.2, 0) is 11.4 Å². The van der Waals surface area contributed by atoms with Gasteiger partial charge in [0, 0.05) is 28.8 Å². The number of aromatic nitrogens is 1. The van der Waals surface area contributed by atoms with Gasteiger partial charge in [-0.2, -0.15) is 0 Å². The molecule has 0 radical (unpaired) electrons. The van der Waals surface area contributed by atoms with Crippen LogP contribution in [-0.4, -0.2) is 58.5 Å². The monoisotopic (exact) mass is 512 g/mol. The summed E-state index contributed by atoms with van der Waals surface area (Å²) in [6, 6.07) is 15.2. The van der Waals surface area contributed by atoms with Crippen molar-refractivity contribution in [3.8, 4) is 5.75 Å². The number of para-hydroxylation sites is 1. The number of ether oxygens (including phenoxy) is 1. The normalized spacial score (nSPS) is 20.1. The van der Waals surface area contributed by atoms with Crippen molar-refractivity contribution in [2.75, 3.05) is 13.6 Å². The lowest BCUT2D eigenvalue weighted by Crippen LogP contribution is -2.60. The molecule has 1 saturated heterocycles. The number of amides is 2. The zero-order valence-electron chi connectivity index (χ0n) is 20.7. The molecule has 37 heavy (non-hydrogen) atoms. The van der Waals surface area contributed by atoms with E-state index in [2.05, 4.69) is 10.3 Å². The number of carbonyl (C=O) groups excluding carboxylic acids is 2. The van der Waals surface area contributed by atoms with Gasteiger partial charge in [-0.15, -0.1) is 0 Å². The number of halogens is 2. The van der Waals surface area contributed by atoms with Crippen molar-refractivity contribution < 1.29 is 28.3 Å². The fraction of sp³-hybridized carbons (Fsp3) is 0.370. The molecule has 0 saturated carbocycles. The molecule has 2 heterocycles. The number of benzene rings is 2. The molecule has 196 valence electrons. The van der Waals surface area contributed by atoms with E-state index in [1.54, 1.807) is 36.8 Å². The highest BCUT2D eigenvalue weighted by molar-refractivity contribution is 5.95. The first-order valence-corrected chi connectivity index (χ1v) is 12.0. The summed E-state index contributed by atoms with van der Waals surface area (Å²) < 4.78 is 33.2. The number of nitrogens with one attached hydrogen (secondary N) is 2. The summed E-state index contributed by atoms with van der Waals surface area (Å²) in [5, 5.41) is 12.8. The first kappa shape index (κ1) is 26.4. The average molecular weight is 513 g/mol. The second-order valence-corrected chi connectivity index (χ2v) is 9.54. The highest BCUT2D eigenvalue weighted by Gasteiger charge is 2.44. The smallest absolute Gasteiger partial charge is 0.253 e. The number of aryl methyl sites for hydroxylation is 1. The third kappa shape index (κ3) is 6.20. The summed E-state index contributed by atoms with van der Waals surface area (Å²) >= 11 is 0. The fourth-order valence-electron chi connectivity index (χ4n) is 4.85. The van der Waals surface area contributed by atoms with Crippen LogP contribution < -0.4 is 15.5 Å². The lowest BCUT2D eigenvalue weighted by molar-refractivity contribution is -0.131. The Morgan fingerprint density at radius 3 is 2.65 bits per heavy atom. The van der Waals surface area contributed by atoms with Crippen molar-refractivity contribution in [1.82, 2.24) is 20.7 Å². The number of rotatable bonds is 8. The van der Waals surface area contributed by atoms with E-state index in [1.807, 2.05) is 37.3 Å². The topological polar surface area (TPSA) is 104 Å². The van der Waals surface area contributed by atoms with Crippen molar-refractivity contribution in [2.24, 2.45) is 0 Å². The zero-order valence-corrected chi connectivity index (χ0v) is 20.7. The number of nitrogens with zero attached hydrogens (tertiary/aromatic N) is 2. The number of fused-ring (bicyclic) bond motifs is 1. The molecular weight excluding hydrogens is 482 g/mol. The standard InChI is InChI=1S/C27H30F2N4O4/c1-17-13-19(21-5-3-4-6-22(21)30-17)16-37-20-9-7-18(8-10-20)26(35)31-27(15-24(34)32-36)11-12-33(2)23(14-27)25(28)29/h3-10,13,23,25,36H,11-12,14-16H2,1-2H3,(H,31,35)(H,32,34). The molecule has 2 atom stereocenters. The summed E-state index contributed by atoms with van der Waals surface area (Å²) in [6.07, 6.45) is -2.79. The fourth-order valence-corrected chi connectivity index (χ4v) is 4.85. The Morgan fingerprint density at radius 1 is 1.22 bits per heavy atom. The van der Waals surface area contributed by atoms with Gasteiger partial charge in [0.25, 0.3) is 12.3 Å². The second-order valence-electron chi connectivity index (χ2n) is 9.54. The Labute approximate surface area is 213 Å². The molecule has 4 rings (SSSR count). The molecule has 10 heteroatoms. The number of likely N-dealkylation sites (tertiary alicyclic amines) is 1. The van der Waals surface area contributed by atoms with E-state index < -0.39 is 29.8 Å². The minimum absolute atomic E-state index is 0.124. The third-order valence-electron chi connectivity index (χ3n) is 6.84. The molecular formula is C27H30F2N4O4. The van der Waals surface area contributed by atoms with E-state index in [0.29, 0.717) is 17.9 Å². The van der Waals surface area contributed by atoms with E-state index in [9.17, 15) is 18.4 Å². The number of hydrogen-bond acceptors (Lipinski definition) is 6. The van der Waals surface area contributed by atoms with Gasteiger partial charge in [0.2, 0.25) is 5.91 Å². The third-order valence-corrected chi connectivity index (χ3v) is 6.84. The van der Waals surface area contributed by atoms with Crippen LogP contribution in [0.3, 0.4) is 0 Å². The molecule has 8 nitrogen and oxygen atoms in total. The number of pyridine rings is 1. The van der Waals surface area contributed by atoms with Crippen LogP contribution in [0.5, 0.6) is 5.75 Å². The summed E-state index contributed by atoms with van der Waals surface area (Å²) in [7, 11) is 1.59. The van der Waals surface area contributed by atoms with Crippen LogP contribution in [0.15, 0.2) is 54.6 Å². The van der Waals surface area contributed by atoms with E-state index in [4.69, 9.17) is 9.94 Å². The van der Waals surface area contributed by atoms with Crippen LogP contribution in [0.2, 0.25) is 0 Å². The Bertz CT molecular complexity index is 1270. The maximum Gasteiger partial charge on any atom is 0.253 e. The van der Waals surface area contributed by atoms with Gasteiger partial charge in [0.1, 0.15) is 12.4 Å². The largest absolute Gasteiger partial charge is 0.489 e. The summed E-state index contributed by atoms with van der Waals surface area (Å²) in [5.74, 6) is -0.687. The molecule has 1 aliphatic rings. The van der Waals surface area contributed by atoms with Crippen molar-refractivity contribution in [1.29, 1.82) is 0 Å². The Balaban J connectivity index is 1.46. The molecule has 0 bridgehead atoms. The molecule has 1 fully saturated rings. The molecule has 1 aliphatic heterocycles. The molecule has 2 amide bonds. The van der Waals surface area contributed by atoms with Gasteiger partial charge in [0.15, 0.2) is 0 Å². The molecule has 3 N–H and O–H groups in total. The summed E-state index contributed by atoms with van der Waals surface area (Å²) in [6.45, 7) is 2.51. The molecule has 3 aromatic rings. The van der Waals surface area contributed by atoms with Crippen molar-refractivity contribution in [3.05, 3.63) is 71.4 Å². The Morgan fingerprint density at radius 2 is 1.95 bits per heavy atom. The van der Waals surface area contributed by atoms with Gasteiger partial charge in [-0.3, -0.25) is 24.7 Å². The van der Waals surface area contributed by atoms with E-state index in [-0.39, 0.29) is 25.8 Å². The summed E-state index contributed by atoms with van der Waals surface area (Å²) in [4.78, 5) is 31.1. The van der Waals surface area contributed by atoms with Crippen LogP contribution in [0.4, 0.5) is 8.78 Å². The highest BCUT2D eigenvalue weighted by atomic mass is 19.3. The van der Waals surface area contributed by atoms with Crippen molar-refractivity contribution in [3.63, 3.8) is 0 Å². The maximum atomic E-state index is 13.6. The molecule has 2 aromatic carbocycles. The van der Waals surface area contributed by atoms with Gasteiger partial charge >= 0.3 is 0 Å². The molecule has 2 unspecified atom stereocenters. The first-order chi connectivity index (χ1) is 17.7. The SMILES string of the molecule is Cc1cc(COc2ccc(C(=O)NC3(CC(=O)NO)CCN(C)C(C(F)F)C3)cc2)c2ccccc2n1. The van der Waals surface area contributed by atoms with Gasteiger partial charge in [-0.25, -0.2) is 14.3 Å². The first-order valence-electron chi connectivity index (χ1n) is 12.0. The van der Waals surface area contributed by atoms with Crippen molar-refractivity contribution >= 4 is 22.7 Å². The van der Waals surface area contributed by atoms with Gasteiger partial charge < -0.3 is 10.1 Å². The van der Waals surface area contributed by atoms with E-state index in [1.165, 1.54) is 4.90 Å². The number of carbonyl (C=O) groups is 2. The second kappa shape index (κ2) is 11.2. The molecule has 0 spiro atoms. The molecule has 0 aliphatic carbocycles. The Kier molecular flexibility index (Phi) is 7.99. The van der Waals surface area contributed by atoms with Gasteiger partial charge in [-0.05, 0) is 63.2 Å². The number of hydrogen-bond donors (Lipinski definition) is 3. The lowest BCUT2D eigenvalue weighted by atomic mass is 9.80. The van der Waals surface area contributed by atoms with Crippen LogP contribution >= 0.6 is 0 Å². The highest BCUT2D eigenvalue weighted by Crippen LogP contribution is 2.32. The minimum Gasteiger partial charge on any atom is -0.489 e. The van der Waals surface area contributed by atoms with E-state index in [0.717, 1.165) is 22.2 Å².